The van der Waals surface area contributed by atoms with Gasteiger partial charge >= 0.3 is 0 Å². The third-order valence-corrected chi connectivity index (χ3v) is 4.53. The first-order valence-corrected chi connectivity index (χ1v) is 7.19. The average molecular weight is 253 g/mol. The summed E-state index contributed by atoms with van der Waals surface area (Å²) in [5.41, 5.74) is 0.110. The van der Waals surface area contributed by atoms with Crippen molar-refractivity contribution in [1.82, 2.24) is 15.1 Å². The van der Waals surface area contributed by atoms with Crippen molar-refractivity contribution in [3.05, 3.63) is 0 Å². The van der Waals surface area contributed by atoms with Crippen LogP contribution in [0.25, 0.3) is 0 Å². The maximum Gasteiger partial charge on any atom is 0.223 e. The van der Waals surface area contributed by atoms with Crippen molar-refractivity contribution >= 4 is 5.91 Å². The summed E-state index contributed by atoms with van der Waals surface area (Å²) in [5.74, 6) is 0.902. The predicted octanol–water partition coefficient (Wildman–Crippen LogP) is 0.929. The fraction of sp³-hybridized carbons (Fsp3) is 0.929. The number of carbonyl (C=O) groups is 1. The number of piperazine rings is 1. The van der Waals surface area contributed by atoms with Crippen LogP contribution in [-0.2, 0) is 4.79 Å². The van der Waals surface area contributed by atoms with Crippen molar-refractivity contribution < 1.29 is 4.79 Å². The van der Waals surface area contributed by atoms with E-state index in [-0.39, 0.29) is 5.54 Å². The summed E-state index contributed by atoms with van der Waals surface area (Å²) in [6.45, 7) is 9.31. The van der Waals surface area contributed by atoms with E-state index in [1.54, 1.807) is 0 Å². The molecule has 0 bridgehead atoms. The Morgan fingerprint density at radius 2 is 2.17 bits per heavy atom. The molecule has 1 unspecified atom stereocenters. The monoisotopic (exact) mass is 253 g/mol. The van der Waals surface area contributed by atoms with E-state index in [0.29, 0.717) is 11.8 Å². The second kappa shape index (κ2) is 5.57. The van der Waals surface area contributed by atoms with Crippen LogP contribution >= 0.6 is 0 Å². The zero-order chi connectivity index (χ0) is 13.2. The van der Waals surface area contributed by atoms with Gasteiger partial charge in [0.1, 0.15) is 0 Å². The van der Waals surface area contributed by atoms with Gasteiger partial charge in [0.15, 0.2) is 0 Å². The molecule has 18 heavy (non-hydrogen) atoms. The number of hydrogen-bond acceptors (Lipinski definition) is 3. The van der Waals surface area contributed by atoms with Gasteiger partial charge < -0.3 is 10.2 Å². The molecular weight excluding hydrogens is 226 g/mol. The predicted molar refractivity (Wildman–Crippen MR) is 73.5 cm³/mol. The van der Waals surface area contributed by atoms with Gasteiger partial charge in [-0.05, 0) is 52.7 Å². The van der Waals surface area contributed by atoms with Crippen molar-refractivity contribution in [1.29, 1.82) is 0 Å². The summed E-state index contributed by atoms with van der Waals surface area (Å²) in [7, 11) is 2.15. The number of hydrogen-bond donors (Lipinski definition) is 1. The van der Waals surface area contributed by atoms with Crippen LogP contribution in [0.1, 0.15) is 33.1 Å². The normalized spacial score (nSPS) is 29.3. The Bertz CT molecular complexity index is 297. The van der Waals surface area contributed by atoms with E-state index in [2.05, 4.69) is 36.0 Å². The molecule has 2 saturated heterocycles. The fourth-order valence-corrected chi connectivity index (χ4v) is 2.93. The van der Waals surface area contributed by atoms with Crippen molar-refractivity contribution in [2.24, 2.45) is 5.92 Å². The Hall–Kier alpha value is -0.610. The first-order valence-electron chi connectivity index (χ1n) is 7.19. The van der Waals surface area contributed by atoms with Crippen molar-refractivity contribution in [2.75, 3.05) is 39.8 Å². The lowest BCUT2D eigenvalue weighted by Gasteiger charge is -2.45. The van der Waals surface area contributed by atoms with E-state index in [1.807, 2.05) is 0 Å². The van der Waals surface area contributed by atoms with Gasteiger partial charge in [-0.25, -0.2) is 0 Å². The highest BCUT2D eigenvalue weighted by atomic mass is 16.2. The van der Waals surface area contributed by atoms with Crippen LogP contribution in [0, 0.1) is 5.92 Å². The van der Waals surface area contributed by atoms with Crippen LogP contribution in [0.5, 0.6) is 0 Å². The summed E-state index contributed by atoms with van der Waals surface area (Å²) in [4.78, 5) is 16.8. The largest absolute Gasteiger partial charge is 0.340 e. The Morgan fingerprint density at radius 3 is 2.78 bits per heavy atom. The molecular formula is C14H27N3O. The molecule has 0 aromatic rings. The summed E-state index contributed by atoms with van der Waals surface area (Å²) >= 11 is 0. The molecule has 0 aromatic carbocycles. The van der Waals surface area contributed by atoms with Gasteiger partial charge in [0.2, 0.25) is 5.91 Å². The van der Waals surface area contributed by atoms with Crippen molar-refractivity contribution in [3.63, 3.8) is 0 Å². The minimum atomic E-state index is 0.110. The van der Waals surface area contributed by atoms with Crippen LogP contribution in [0.4, 0.5) is 0 Å². The summed E-state index contributed by atoms with van der Waals surface area (Å²) in [5, 5.41) is 3.39. The minimum Gasteiger partial charge on any atom is -0.340 e. The number of amides is 1. The zero-order valence-electron chi connectivity index (χ0n) is 12.0. The van der Waals surface area contributed by atoms with Gasteiger partial charge in [-0.1, -0.05) is 0 Å². The Morgan fingerprint density at radius 1 is 1.39 bits per heavy atom. The van der Waals surface area contributed by atoms with Crippen molar-refractivity contribution in [3.8, 4) is 0 Å². The molecule has 0 aromatic heterocycles. The topological polar surface area (TPSA) is 35.6 Å². The molecule has 0 aliphatic carbocycles. The second-order valence-corrected chi connectivity index (χ2v) is 6.47. The molecule has 0 spiro atoms. The smallest absolute Gasteiger partial charge is 0.223 e. The Balaban J connectivity index is 1.85. The highest BCUT2D eigenvalue weighted by molar-refractivity contribution is 5.76. The lowest BCUT2D eigenvalue weighted by atomic mass is 9.94. The number of carbonyl (C=O) groups excluding carboxylic acids is 1. The van der Waals surface area contributed by atoms with Crippen LogP contribution in [0.15, 0.2) is 0 Å². The molecule has 104 valence electrons. The zero-order valence-corrected chi connectivity index (χ0v) is 12.0. The highest BCUT2D eigenvalue weighted by Gasteiger charge is 2.33. The van der Waals surface area contributed by atoms with E-state index in [9.17, 15) is 4.79 Å². The van der Waals surface area contributed by atoms with E-state index >= 15 is 0 Å². The number of nitrogens with zero attached hydrogens (tertiary/aromatic N) is 2. The van der Waals surface area contributed by atoms with Crippen LogP contribution < -0.4 is 5.32 Å². The van der Waals surface area contributed by atoms with Crippen LogP contribution in [-0.4, -0.2) is 61.0 Å². The molecule has 4 heteroatoms. The molecule has 2 rings (SSSR count). The molecule has 0 saturated carbocycles. The van der Waals surface area contributed by atoms with Gasteiger partial charge in [0.25, 0.3) is 0 Å². The summed E-state index contributed by atoms with van der Waals surface area (Å²) in [6.07, 6.45) is 3.15. The van der Waals surface area contributed by atoms with Crippen molar-refractivity contribution in [2.45, 2.75) is 38.6 Å². The Kier molecular flexibility index (Phi) is 4.28. The van der Waals surface area contributed by atoms with E-state index in [0.717, 1.165) is 39.1 Å². The van der Waals surface area contributed by atoms with Gasteiger partial charge in [-0.15, -0.1) is 0 Å². The minimum absolute atomic E-state index is 0.110. The van der Waals surface area contributed by atoms with E-state index in [4.69, 9.17) is 0 Å². The quantitative estimate of drug-likeness (QED) is 0.795. The molecule has 2 aliphatic rings. The van der Waals surface area contributed by atoms with E-state index < -0.39 is 0 Å². The number of nitrogens with one attached hydrogen (secondary N) is 1. The second-order valence-electron chi connectivity index (χ2n) is 6.47. The first-order chi connectivity index (χ1) is 8.49. The number of piperidine rings is 1. The standard InChI is InChI=1S/C14H27N3O/c1-14(2)11-17(8-7-16(14)3)13(18)9-12-5-4-6-15-10-12/h12,15H,4-11H2,1-3H3. The molecule has 2 aliphatic heterocycles. The maximum absolute atomic E-state index is 12.3. The summed E-state index contributed by atoms with van der Waals surface area (Å²) < 4.78 is 0. The number of likely N-dealkylation sites (N-methyl/N-ethyl adjacent to an activating group) is 1. The van der Waals surface area contributed by atoms with Crippen LogP contribution in [0.2, 0.25) is 0 Å². The third-order valence-electron chi connectivity index (χ3n) is 4.53. The molecule has 2 fully saturated rings. The van der Waals surface area contributed by atoms with Crippen LogP contribution in [0.3, 0.4) is 0 Å². The molecule has 0 radical (unpaired) electrons. The third kappa shape index (κ3) is 3.23. The van der Waals surface area contributed by atoms with Gasteiger partial charge in [0, 0.05) is 31.6 Å². The highest BCUT2D eigenvalue weighted by Crippen LogP contribution is 2.21. The molecule has 1 N–H and O–H groups in total. The first kappa shape index (κ1) is 13.8. The summed E-state index contributed by atoms with van der Waals surface area (Å²) in [6, 6.07) is 0. The molecule has 2 heterocycles. The van der Waals surface area contributed by atoms with Gasteiger partial charge in [0.05, 0.1) is 0 Å². The molecule has 1 atom stereocenters. The average Bonchev–Trinajstić information content (AvgIpc) is 2.34. The maximum atomic E-state index is 12.3. The van der Waals surface area contributed by atoms with Gasteiger partial charge in [-0.2, -0.15) is 0 Å². The van der Waals surface area contributed by atoms with E-state index in [1.165, 1.54) is 12.8 Å². The number of rotatable bonds is 2. The lowest BCUT2D eigenvalue weighted by molar-refractivity contribution is -0.136. The Labute approximate surface area is 111 Å². The molecule has 4 nitrogen and oxygen atoms in total. The molecule has 1 amide bonds. The fourth-order valence-electron chi connectivity index (χ4n) is 2.93. The lowest BCUT2D eigenvalue weighted by Crippen LogP contribution is -2.59. The van der Waals surface area contributed by atoms with Gasteiger partial charge in [-0.3, -0.25) is 9.69 Å². The SMILES string of the molecule is CN1CCN(C(=O)CC2CCCNC2)CC1(C)C.